The molecule has 0 fully saturated rings. The van der Waals surface area contributed by atoms with Gasteiger partial charge in [-0.15, -0.1) is 4.73 Å². The highest BCUT2D eigenvalue weighted by Crippen LogP contribution is 2.24. The fraction of sp³-hybridized carbons (Fsp3) is 0.0385. The van der Waals surface area contributed by atoms with Crippen LogP contribution < -0.4 is 14.6 Å². The van der Waals surface area contributed by atoms with Crippen LogP contribution >= 0.6 is 27.5 Å². The molecule has 0 amide bonds. The number of aromatic nitrogens is 1. The third-order valence-electron chi connectivity index (χ3n) is 4.90. The number of hydrogen-bond donors (Lipinski definition) is 0. The van der Waals surface area contributed by atoms with E-state index in [-0.39, 0.29) is 15.1 Å². The van der Waals surface area contributed by atoms with Crippen LogP contribution in [0.4, 0.5) is 0 Å². The van der Waals surface area contributed by atoms with Gasteiger partial charge < -0.3 is 4.74 Å². The molecular weight excluding hydrogens is 554 g/mol. The Balaban J connectivity index is 1.60. The molecule has 178 valence electrons. The van der Waals surface area contributed by atoms with Gasteiger partial charge in [-0.1, -0.05) is 48.0 Å². The number of halogens is 2. The van der Waals surface area contributed by atoms with Crippen molar-refractivity contribution in [2.45, 2.75) is 11.8 Å². The third-order valence-corrected chi connectivity index (χ3v) is 7.31. The molecule has 1 heterocycles. The van der Waals surface area contributed by atoms with E-state index in [0.29, 0.717) is 22.1 Å². The van der Waals surface area contributed by atoms with Crippen molar-refractivity contribution in [2.24, 2.45) is 0 Å². The number of aryl methyl sites for hydroxylation is 1. The van der Waals surface area contributed by atoms with Crippen LogP contribution in [0.1, 0.15) is 16.8 Å². The lowest BCUT2D eigenvalue weighted by Gasteiger charge is -2.13. The lowest BCUT2D eigenvalue weighted by molar-refractivity contribution is 0.263. The molecule has 35 heavy (non-hydrogen) atoms. The predicted molar refractivity (Wildman–Crippen MR) is 140 cm³/mol. The minimum atomic E-state index is -4.23. The molecule has 0 spiro atoms. The summed E-state index contributed by atoms with van der Waals surface area (Å²) in [6.45, 7) is 1.74. The largest absolute Gasteiger partial charge is 0.457 e. The van der Waals surface area contributed by atoms with Gasteiger partial charge in [0.1, 0.15) is 16.4 Å². The van der Waals surface area contributed by atoms with E-state index in [4.69, 9.17) is 20.6 Å². The second kappa shape index (κ2) is 10.5. The van der Waals surface area contributed by atoms with Crippen LogP contribution in [-0.4, -0.2) is 13.1 Å². The van der Waals surface area contributed by atoms with Crippen molar-refractivity contribution in [3.05, 3.63) is 122 Å². The molecule has 0 aliphatic rings. The average molecular weight is 573 g/mol. The Morgan fingerprint density at radius 1 is 0.886 bits per heavy atom. The molecule has 4 rings (SSSR count). The minimum Gasteiger partial charge on any atom is -0.457 e. The average Bonchev–Trinajstić information content (AvgIpc) is 2.86. The van der Waals surface area contributed by atoms with Gasteiger partial charge in [0, 0.05) is 5.02 Å². The van der Waals surface area contributed by atoms with E-state index in [1.54, 1.807) is 79.7 Å². The second-order valence-corrected chi connectivity index (χ2v) is 10.2. The zero-order chi connectivity index (χ0) is 25.0. The summed E-state index contributed by atoms with van der Waals surface area (Å²) in [4.78, 5) is 12.8. The molecule has 0 bridgehead atoms. The van der Waals surface area contributed by atoms with Crippen molar-refractivity contribution in [1.82, 2.24) is 4.73 Å². The zero-order valence-electron chi connectivity index (χ0n) is 18.4. The van der Waals surface area contributed by atoms with Crippen molar-refractivity contribution < 1.29 is 17.4 Å². The molecule has 0 atom stereocenters. The summed E-state index contributed by atoms with van der Waals surface area (Å²) >= 11 is 9.11. The first kappa shape index (κ1) is 24.8. The molecule has 6 nitrogen and oxygen atoms in total. The van der Waals surface area contributed by atoms with Gasteiger partial charge in [-0.25, -0.2) is 0 Å². The van der Waals surface area contributed by atoms with Gasteiger partial charge in [-0.05, 0) is 94.7 Å². The number of ether oxygens (including phenoxy) is 1. The fourth-order valence-electron chi connectivity index (χ4n) is 3.11. The molecule has 9 heteroatoms. The maximum absolute atomic E-state index is 12.8. The lowest BCUT2D eigenvalue weighted by Crippen LogP contribution is -2.33. The third kappa shape index (κ3) is 6.03. The van der Waals surface area contributed by atoms with Crippen LogP contribution in [0.25, 0.3) is 12.2 Å². The molecule has 1 aromatic heterocycles. The molecule has 0 aliphatic carbocycles. The van der Waals surface area contributed by atoms with Crippen molar-refractivity contribution in [3.8, 4) is 11.5 Å². The van der Waals surface area contributed by atoms with Crippen molar-refractivity contribution >= 4 is 49.8 Å². The highest BCUT2D eigenvalue weighted by atomic mass is 79.9. The number of nitrogens with zero attached hydrogens (tertiary/aromatic N) is 1. The fourth-order valence-corrected chi connectivity index (χ4v) is 4.44. The standard InChI is InChI=1S/C26H19BrClNO5S/c1-18-17-21(29(26(30)25(18)27)34-35(31,32)24-5-3-2-4-6-24)12-7-19-8-13-22(14-9-19)33-23-15-10-20(28)11-16-23/h2-17H,1H3. The van der Waals surface area contributed by atoms with Gasteiger partial charge >= 0.3 is 10.1 Å². The molecule has 0 saturated heterocycles. The van der Waals surface area contributed by atoms with Gasteiger partial charge in [-0.3, -0.25) is 9.08 Å². The SMILES string of the molecule is Cc1cc(C=Cc2ccc(Oc3ccc(Cl)cc3)cc2)n(OS(=O)(=O)c2ccccc2)c(=O)c1Br. The summed E-state index contributed by atoms with van der Waals surface area (Å²) in [5, 5.41) is 0.625. The first-order valence-corrected chi connectivity index (χ1v) is 12.9. The van der Waals surface area contributed by atoms with E-state index in [1.807, 2.05) is 12.1 Å². The van der Waals surface area contributed by atoms with E-state index in [9.17, 15) is 13.2 Å². The van der Waals surface area contributed by atoms with E-state index >= 15 is 0 Å². The van der Waals surface area contributed by atoms with Crippen LogP contribution in [0, 0.1) is 6.92 Å². The van der Waals surface area contributed by atoms with E-state index < -0.39 is 15.7 Å². The van der Waals surface area contributed by atoms with Crippen LogP contribution in [-0.2, 0) is 10.1 Å². The zero-order valence-corrected chi connectivity index (χ0v) is 21.5. The van der Waals surface area contributed by atoms with Crippen LogP contribution in [0.15, 0.2) is 99.1 Å². The monoisotopic (exact) mass is 571 g/mol. The van der Waals surface area contributed by atoms with Crippen molar-refractivity contribution in [3.63, 3.8) is 0 Å². The van der Waals surface area contributed by atoms with E-state index in [0.717, 1.165) is 10.3 Å². The van der Waals surface area contributed by atoms with Crippen LogP contribution in [0.3, 0.4) is 0 Å². The summed E-state index contributed by atoms with van der Waals surface area (Å²) in [6, 6.07) is 23.6. The van der Waals surface area contributed by atoms with Gasteiger partial charge in [0.15, 0.2) is 0 Å². The minimum absolute atomic E-state index is 0.0604. The Morgan fingerprint density at radius 3 is 2.11 bits per heavy atom. The Bertz CT molecular complexity index is 1530. The molecule has 0 N–H and O–H groups in total. The number of benzene rings is 3. The molecule has 4 aromatic rings. The highest BCUT2D eigenvalue weighted by molar-refractivity contribution is 9.10. The number of pyridine rings is 1. The van der Waals surface area contributed by atoms with Gasteiger partial charge in [0.2, 0.25) is 0 Å². The van der Waals surface area contributed by atoms with Crippen molar-refractivity contribution in [1.29, 1.82) is 0 Å². The maximum atomic E-state index is 12.8. The summed E-state index contributed by atoms with van der Waals surface area (Å²) in [6.07, 6.45) is 3.35. The first-order chi connectivity index (χ1) is 16.7. The quantitative estimate of drug-likeness (QED) is 0.258. The lowest BCUT2D eigenvalue weighted by atomic mass is 10.1. The Morgan fingerprint density at radius 2 is 1.49 bits per heavy atom. The molecule has 0 radical (unpaired) electrons. The van der Waals surface area contributed by atoms with Gasteiger partial charge in [-0.2, -0.15) is 8.42 Å². The van der Waals surface area contributed by atoms with Gasteiger partial charge in [0.05, 0.1) is 10.2 Å². The Labute approximate surface area is 216 Å². The predicted octanol–water partition coefficient (Wildman–Crippen LogP) is 6.35. The summed E-state index contributed by atoms with van der Waals surface area (Å²) in [5.74, 6) is 1.29. The van der Waals surface area contributed by atoms with Crippen molar-refractivity contribution in [2.75, 3.05) is 0 Å². The molecular formula is C26H19BrClNO5S. The summed E-state index contributed by atoms with van der Waals surface area (Å²) in [7, 11) is -4.23. The van der Waals surface area contributed by atoms with E-state index in [2.05, 4.69) is 15.9 Å². The van der Waals surface area contributed by atoms with Crippen LogP contribution in [0.2, 0.25) is 5.02 Å². The molecule has 0 aliphatic heterocycles. The first-order valence-electron chi connectivity index (χ1n) is 10.4. The van der Waals surface area contributed by atoms with E-state index in [1.165, 1.54) is 12.1 Å². The normalized spacial score (nSPS) is 11.5. The molecule has 0 unspecified atom stereocenters. The molecule has 0 saturated carbocycles. The molecule has 3 aromatic carbocycles. The topological polar surface area (TPSA) is 74.6 Å². The summed E-state index contributed by atoms with van der Waals surface area (Å²) in [5.41, 5.74) is 1.07. The highest BCUT2D eigenvalue weighted by Gasteiger charge is 2.20. The smallest absolute Gasteiger partial charge is 0.357 e. The Hall–Kier alpha value is -3.33. The Kier molecular flexibility index (Phi) is 7.45. The maximum Gasteiger partial charge on any atom is 0.357 e. The summed E-state index contributed by atoms with van der Waals surface area (Å²) < 4.78 is 37.5. The number of rotatable bonds is 7. The second-order valence-electron chi connectivity index (χ2n) is 7.47. The van der Waals surface area contributed by atoms with Gasteiger partial charge in [0.25, 0.3) is 5.56 Å². The number of hydrogen-bond acceptors (Lipinski definition) is 5. The van der Waals surface area contributed by atoms with Crippen LogP contribution in [0.5, 0.6) is 11.5 Å².